The Morgan fingerprint density at radius 1 is 1.08 bits per heavy atom. The van der Waals surface area contributed by atoms with Crippen LogP contribution in [0.4, 0.5) is 0 Å². The van der Waals surface area contributed by atoms with Gasteiger partial charge in [-0.15, -0.1) is 0 Å². The van der Waals surface area contributed by atoms with Crippen molar-refractivity contribution in [1.29, 1.82) is 0 Å². The smallest absolute Gasteiger partial charge is 0.138 e. The van der Waals surface area contributed by atoms with Gasteiger partial charge in [-0.05, 0) is 61.7 Å². The molecule has 4 heteroatoms. The van der Waals surface area contributed by atoms with Crippen LogP contribution < -0.4 is 9.47 Å². The highest BCUT2D eigenvalue weighted by Gasteiger charge is 2.09. The molecule has 0 bridgehead atoms. The van der Waals surface area contributed by atoms with Crippen molar-refractivity contribution in [3.8, 4) is 17.2 Å². The van der Waals surface area contributed by atoms with Gasteiger partial charge in [0.2, 0.25) is 0 Å². The molecule has 0 radical (unpaired) electrons. The molecule has 3 aromatic rings. The summed E-state index contributed by atoms with van der Waals surface area (Å²) >= 11 is 0. The monoisotopic (exact) mass is 337 g/mol. The van der Waals surface area contributed by atoms with Crippen LogP contribution in [0.25, 0.3) is 10.9 Å². The Morgan fingerprint density at radius 2 is 1.92 bits per heavy atom. The Bertz CT molecular complexity index is 874. The van der Waals surface area contributed by atoms with Crippen LogP contribution in [0.3, 0.4) is 0 Å². The summed E-state index contributed by atoms with van der Waals surface area (Å²) in [7, 11) is 0. The summed E-state index contributed by atoms with van der Waals surface area (Å²) in [5, 5.41) is 10.3. The number of aromatic nitrogens is 1. The summed E-state index contributed by atoms with van der Waals surface area (Å²) in [6.07, 6.45) is 2.23. The third-order valence-corrected chi connectivity index (χ3v) is 4.03. The number of pyridine rings is 1. The molecule has 3 rings (SSSR count). The molecule has 2 aromatic carbocycles. The number of rotatable bonds is 6. The first-order valence-electron chi connectivity index (χ1n) is 8.54. The number of benzene rings is 2. The number of ether oxygens (including phenoxy) is 2. The van der Waals surface area contributed by atoms with E-state index in [2.05, 4.69) is 31.0 Å². The molecular formula is C21H23NO3. The third kappa shape index (κ3) is 4.09. The van der Waals surface area contributed by atoms with Gasteiger partial charge in [-0.1, -0.05) is 19.1 Å². The van der Waals surface area contributed by atoms with Crippen molar-refractivity contribution in [1.82, 2.24) is 4.98 Å². The quantitative estimate of drug-likeness (QED) is 0.711. The molecule has 4 nitrogen and oxygen atoms in total. The maximum Gasteiger partial charge on any atom is 0.138 e. The van der Waals surface area contributed by atoms with Gasteiger partial charge in [0.15, 0.2) is 0 Å². The van der Waals surface area contributed by atoms with Gasteiger partial charge >= 0.3 is 0 Å². The number of nitrogens with zero attached hydrogens (tertiary/aromatic N) is 1. The Hall–Kier alpha value is -2.59. The lowest BCUT2D eigenvalue weighted by atomic mass is 10.1. The fraction of sp³-hybridized carbons (Fsp3) is 0.286. The SMILES string of the molecule is CCc1ccc(Oc2ccnc3ccc(OCC(C)O)cc23)c(C)c1. The second kappa shape index (κ2) is 7.53. The number of hydrogen-bond donors (Lipinski definition) is 1. The van der Waals surface area contributed by atoms with E-state index in [-0.39, 0.29) is 6.61 Å². The second-order valence-electron chi connectivity index (χ2n) is 6.20. The van der Waals surface area contributed by atoms with E-state index < -0.39 is 6.10 Å². The van der Waals surface area contributed by atoms with Crippen LogP contribution in [0, 0.1) is 6.92 Å². The molecule has 1 unspecified atom stereocenters. The number of fused-ring (bicyclic) bond motifs is 1. The second-order valence-corrected chi connectivity index (χ2v) is 6.20. The first-order valence-corrected chi connectivity index (χ1v) is 8.54. The fourth-order valence-electron chi connectivity index (χ4n) is 2.66. The Kier molecular flexibility index (Phi) is 5.19. The van der Waals surface area contributed by atoms with Crippen LogP contribution in [0.2, 0.25) is 0 Å². The van der Waals surface area contributed by atoms with Crippen molar-refractivity contribution < 1.29 is 14.6 Å². The van der Waals surface area contributed by atoms with Crippen LogP contribution in [-0.2, 0) is 6.42 Å². The van der Waals surface area contributed by atoms with Crippen molar-refractivity contribution in [3.05, 3.63) is 59.8 Å². The molecule has 1 N–H and O–H groups in total. The highest BCUT2D eigenvalue weighted by atomic mass is 16.5. The molecule has 0 aliphatic carbocycles. The molecule has 1 atom stereocenters. The average Bonchev–Trinajstić information content (AvgIpc) is 2.61. The minimum absolute atomic E-state index is 0.250. The first-order chi connectivity index (χ1) is 12.1. The molecule has 0 aliphatic rings. The minimum atomic E-state index is -0.514. The average molecular weight is 337 g/mol. The van der Waals surface area contributed by atoms with Crippen molar-refractivity contribution >= 4 is 10.9 Å². The highest BCUT2D eigenvalue weighted by molar-refractivity contribution is 5.86. The molecule has 25 heavy (non-hydrogen) atoms. The Balaban J connectivity index is 1.93. The molecule has 0 spiro atoms. The van der Waals surface area contributed by atoms with Crippen LogP contribution in [0.1, 0.15) is 25.0 Å². The van der Waals surface area contributed by atoms with Crippen LogP contribution in [-0.4, -0.2) is 22.8 Å². The minimum Gasteiger partial charge on any atom is -0.491 e. The molecule has 0 fully saturated rings. The highest BCUT2D eigenvalue weighted by Crippen LogP contribution is 2.33. The number of aryl methyl sites for hydroxylation is 2. The van der Waals surface area contributed by atoms with Gasteiger partial charge in [0.1, 0.15) is 23.9 Å². The van der Waals surface area contributed by atoms with Gasteiger partial charge in [0.05, 0.1) is 11.6 Å². The van der Waals surface area contributed by atoms with Crippen LogP contribution >= 0.6 is 0 Å². The molecule has 1 heterocycles. The molecular weight excluding hydrogens is 314 g/mol. The maximum atomic E-state index is 9.39. The Labute approximate surface area is 148 Å². The number of hydrogen-bond acceptors (Lipinski definition) is 4. The normalized spacial score (nSPS) is 12.2. The summed E-state index contributed by atoms with van der Waals surface area (Å²) in [4.78, 5) is 4.38. The van der Waals surface area contributed by atoms with Gasteiger partial charge in [0, 0.05) is 11.6 Å². The molecule has 0 saturated carbocycles. The molecule has 0 aliphatic heterocycles. The zero-order chi connectivity index (χ0) is 17.8. The summed E-state index contributed by atoms with van der Waals surface area (Å²) in [6.45, 7) is 6.13. The molecule has 130 valence electrons. The van der Waals surface area contributed by atoms with E-state index >= 15 is 0 Å². The van der Waals surface area contributed by atoms with E-state index in [0.29, 0.717) is 5.75 Å². The van der Waals surface area contributed by atoms with Crippen molar-refractivity contribution in [3.63, 3.8) is 0 Å². The molecule has 0 saturated heterocycles. The van der Waals surface area contributed by atoms with E-state index in [9.17, 15) is 5.11 Å². The number of aliphatic hydroxyl groups excluding tert-OH is 1. The summed E-state index contributed by atoms with van der Waals surface area (Å²) in [6, 6.07) is 13.7. The predicted molar refractivity (Wildman–Crippen MR) is 99.5 cm³/mol. The van der Waals surface area contributed by atoms with Gasteiger partial charge < -0.3 is 14.6 Å². The third-order valence-electron chi connectivity index (χ3n) is 4.03. The van der Waals surface area contributed by atoms with Crippen molar-refractivity contribution in [2.75, 3.05) is 6.61 Å². The molecule has 1 aromatic heterocycles. The van der Waals surface area contributed by atoms with E-state index in [1.54, 1.807) is 13.1 Å². The van der Waals surface area contributed by atoms with Gasteiger partial charge in [-0.3, -0.25) is 4.98 Å². The van der Waals surface area contributed by atoms with E-state index in [1.807, 2.05) is 30.3 Å². The largest absolute Gasteiger partial charge is 0.491 e. The zero-order valence-electron chi connectivity index (χ0n) is 14.8. The number of aliphatic hydroxyl groups is 1. The van der Waals surface area contributed by atoms with Crippen LogP contribution in [0.15, 0.2) is 48.7 Å². The Morgan fingerprint density at radius 3 is 2.64 bits per heavy atom. The summed E-state index contributed by atoms with van der Waals surface area (Å²) in [5.41, 5.74) is 3.23. The topological polar surface area (TPSA) is 51.6 Å². The zero-order valence-corrected chi connectivity index (χ0v) is 14.8. The van der Waals surface area contributed by atoms with Gasteiger partial charge in [0.25, 0.3) is 0 Å². The summed E-state index contributed by atoms with van der Waals surface area (Å²) in [5.74, 6) is 2.25. The summed E-state index contributed by atoms with van der Waals surface area (Å²) < 4.78 is 11.8. The van der Waals surface area contributed by atoms with Crippen LogP contribution in [0.5, 0.6) is 17.2 Å². The van der Waals surface area contributed by atoms with Crippen molar-refractivity contribution in [2.45, 2.75) is 33.3 Å². The first kappa shape index (κ1) is 17.2. The van der Waals surface area contributed by atoms with Gasteiger partial charge in [-0.25, -0.2) is 0 Å². The van der Waals surface area contributed by atoms with Crippen molar-refractivity contribution in [2.24, 2.45) is 0 Å². The lowest BCUT2D eigenvalue weighted by Crippen LogP contribution is -2.12. The maximum absolute atomic E-state index is 9.39. The van der Waals surface area contributed by atoms with E-state index in [1.165, 1.54) is 5.56 Å². The standard InChI is InChI=1S/C21H23NO3/c1-4-16-5-8-20(14(2)11-16)25-21-9-10-22-19-7-6-17(12-18(19)21)24-13-15(3)23/h5-12,15,23H,4,13H2,1-3H3. The lowest BCUT2D eigenvalue weighted by molar-refractivity contribution is 0.123. The predicted octanol–water partition coefficient (Wildman–Crippen LogP) is 4.66. The lowest BCUT2D eigenvalue weighted by Gasteiger charge is -2.13. The van der Waals surface area contributed by atoms with E-state index in [0.717, 1.165) is 34.4 Å². The fourth-order valence-corrected chi connectivity index (χ4v) is 2.66. The van der Waals surface area contributed by atoms with E-state index in [4.69, 9.17) is 9.47 Å². The molecule has 0 amide bonds. The van der Waals surface area contributed by atoms with Gasteiger partial charge in [-0.2, -0.15) is 0 Å².